The first-order valence-electron chi connectivity index (χ1n) is 5.63. The van der Waals surface area contributed by atoms with Gasteiger partial charge >= 0.3 is 5.97 Å². The van der Waals surface area contributed by atoms with Crippen molar-refractivity contribution < 1.29 is 19.5 Å². The Labute approximate surface area is 121 Å². The lowest BCUT2D eigenvalue weighted by molar-refractivity contribution is -0.140. The second-order valence-corrected chi connectivity index (χ2v) is 6.14. The molecule has 2 N–H and O–H groups in total. The number of carboxylic acid groups (broad SMARTS) is 1. The number of halogens is 1. The summed E-state index contributed by atoms with van der Waals surface area (Å²) in [6.45, 7) is 3.00. The smallest absolute Gasteiger partial charge is 0.327 e. The van der Waals surface area contributed by atoms with Crippen molar-refractivity contribution in [2.75, 3.05) is 19.8 Å². The molecule has 3 unspecified atom stereocenters. The Kier molecular flexibility index (Phi) is 7.85. The van der Waals surface area contributed by atoms with Crippen LogP contribution in [0.5, 0.6) is 0 Å². The molecule has 0 bridgehead atoms. The quantitative estimate of drug-likeness (QED) is 0.664. The van der Waals surface area contributed by atoms with Crippen LogP contribution in [0.25, 0.3) is 0 Å². The molecular formula is C11H19ClN2O4S. The predicted molar refractivity (Wildman–Crippen MR) is 75.5 cm³/mol. The summed E-state index contributed by atoms with van der Waals surface area (Å²) in [6.07, 6.45) is 0. The van der Waals surface area contributed by atoms with Gasteiger partial charge in [0.15, 0.2) is 0 Å². The first kappa shape index (κ1) is 18.0. The maximum absolute atomic E-state index is 11.6. The number of hydrogen-bond acceptors (Lipinski definition) is 4. The molecule has 0 aromatic carbocycles. The van der Waals surface area contributed by atoms with E-state index in [9.17, 15) is 14.4 Å². The number of carbonyl (C=O) groups excluding carboxylic acids is 2. The Balaban J connectivity index is 4.39. The summed E-state index contributed by atoms with van der Waals surface area (Å²) >= 11 is 7.23. The number of hydrogen-bond donors (Lipinski definition) is 2. The van der Waals surface area contributed by atoms with Crippen LogP contribution in [0.2, 0.25) is 0 Å². The minimum absolute atomic E-state index is 0.153. The molecule has 0 heterocycles. The molecule has 0 aromatic rings. The van der Waals surface area contributed by atoms with Crippen LogP contribution in [-0.2, 0) is 14.4 Å². The lowest BCUT2D eigenvalue weighted by Gasteiger charge is -2.22. The van der Waals surface area contributed by atoms with Crippen molar-refractivity contribution in [3.05, 3.63) is 0 Å². The number of aliphatic carboxylic acids is 1. The van der Waals surface area contributed by atoms with Crippen molar-refractivity contribution in [2.24, 2.45) is 0 Å². The van der Waals surface area contributed by atoms with Crippen molar-refractivity contribution >= 4 is 41.1 Å². The van der Waals surface area contributed by atoms with Gasteiger partial charge in [-0.15, -0.1) is 11.6 Å². The number of carboxylic acids is 1. The van der Waals surface area contributed by atoms with Crippen molar-refractivity contribution in [2.45, 2.75) is 30.5 Å². The van der Waals surface area contributed by atoms with Gasteiger partial charge in [0.25, 0.3) is 0 Å². The molecular weight excluding hydrogens is 292 g/mol. The van der Waals surface area contributed by atoms with Crippen molar-refractivity contribution in [3.8, 4) is 0 Å². The van der Waals surface area contributed by atoms with Crippen LogP contribution in [0.15, 0.2) is 0 Å². The highest BCUT2D eigenvalue weighted by Gasteiger charge is 2.27. The zero-order valence-electron chi connectivity index (χ0n) is 11.3. The third kappa shape index (κ3) is 6.68. The Morgan fingerprint density at radius 3 is 2.26 bits per heavy atom. The van der Waals surface area contributed by atoms with Gasteiger partial charge in [-0.1, -0.05) is 6.92 Å². The van der Waals surface area contributed by atoms with E-state index in [2.05, 4.69) is 5.32 Å². The van der Waals surface area contributed by atoms with Crippen LogP contribution in [0.4, 0.5) is 0 Å². The van der Waals surface area contributed by atoms with Gasteiger partial charge in [0, 0.05) is 32.0 Å². The van der Waals surface area contributed by atoms with E-state index in [1.807, 2.05) is 0 Å². The average molecular weight is 311 g/mol. The highest BCUT2D eigenvalue weighted by Crippen LogP contribution is 2.21. The molecule has 0 aromatic heterocycles. The van der Waals surface area contributed by atoms with Gasteiger partial charge < -0.3 is 15.3 Å². The Hall–Kier alpha value is -0.950. The van der Waals surface area contributed by atoms with Gasteiger partial charge in [-0.3, -0.25) is 9.59 Å². The summed E-state index contributed by atoms with van der Waals surface area (Å²) in [7, 11) is 3.21. The summed E-state index contributed by atoms with van der Waals surface area (Å²) in [4.78, 5) is 34.8. The molecule has 0 radical (unpaired) electrons. The van der Waals surface area contributed by atoms with Crippen molar-refractivity contribution in [1.29, 1.82) is 0 Å². The monoisotopic (exact) mass is 310 g/mol. The highest BCUT2D eigenvalue weighted by atomic mass is 35.5. The first-order chi connectivity index (χ1) is 8.66. The lowest BCUT2D eigenvalue weighted by Crippen LogP contribution is -2.42. The normalized spacial score (nSPS) is 15.2. The van der Waals surface area contributed by atoms with Crippen LogP contribution in [0.1, 0.15) is 13.8 Å². The molecule has 110 valence electrons. The van der Waals surface area contributed by atoms with Gasteiger partial charge in [-0.05, 0) is 0 Å². The number of nitrogens with zero attached hydrogens (tertiary/aromatic N) is 1. The largest absolute Gasteiger partial charge is 0.480 e. The lowest BCUT2D eigenvalue weighted by atomic mass is 10.3. The predicted octanol–water partition coefficient (Wildman–Crippen LogP) is 0.393. The van der Waals surface area contributed by atoms with E-state index in [0.717, 1.165) is 0 Å². The molecule has 0 aliphatic rings. The number of amides is 2. The van der Waals surface area contributed by atoms with E-state index >= 15 is 0 Å². The summed E-state index contributed by atoms with van der Waals surface area (Å²) in [6, 6.07) is -0.983. The molecule has 0 fully saturated rings. The molecule has 2 amide bonds. The van der Waals surface area contributed by atoms with E-state index in [4.69, 9.17) is 16.7 Å². The molecule has 0 saturated carbocycles. The maximum Gasteiger partial charge on any atom is 0.327 e. The Morgan fingerprint density at radius 1 is 1.37 bits per heavy atom. The van der Waals surface area contributed by atoms with E-state index in [-0.39, 0.29) is 16.9 Å². The molecule has 0 aliphatic heterocycles. The number of nitrogens with one attached hydrogen (secondary N) is 1. The minimum atomic E-state index is -1.11. The topological polar surface area (TPSA) is 86.7 Å². The standard InChI is InChI=1S/C11H19ClN2O4S/c1-6(9(12)10(16)14(3)4)19-5-8(11(17)18)13-7(2)15/h6,8-9H,5H2,1-4H3,(H,13,15)(H,17,18). The van der Waals surface area contributed by atoms with Gasteiger partial charge in [-0.2, -0.15) is 11.8 Å². The van der Waals surface area contributed by atoms with Crippen LogP contribution in [0, 0.1) is 0 Å². The van der Waals surface area contributed by atoms with Gasteiger partial charge in [0.05, 0.1) is 0 Å². The number of thioether (sulfide) groups is 1. The average Bonchev–Trinajstić information content (AvgIpc) is 2.31. The van der Waals surface area contributed by atoms with E-state index in [1.165, 1.54) is 23.6 Å². The second-order valence-electron chi connectivity index (χ2n) is 4.26. The molecule has 8 heteroatoms. The van der Waals surface area contributed by atoms with Crippen molar-refractivity contribution in [3.63, 3.8) is 0 Å². The van der Waals surface area contributed by atoms with Gasteiger partial charge in [0.1, 0.15) is 11.4 Å². The van der Waals surface area contributed by atoms with Crippen LogP contribution >= 0.6 is 23.4 Å². The molecule has 0 saturated heterocycles. The fourth-order valence-electron chi connectivity index (χ4n) is 1.20. The third-order valence-corrected chi connectivity index (χ3v) is 4.33. The maximum atomic E-state index is 11.6. The van der Waals surface area contributed by atoms with E-state index in [1.54, 1.807) is 21.0 Å². The van der Waals surface area contributed by atoms with E-state index in [0.29, 0.717) is 0 Å². The van der Waals surface area contributed by atoms with Crippen LogP contribution < -0.4 is 5.32 Å². The Morgan fingerprint density at radius 2 is 1.89 bits per heavy atom. The van der Waals surface area contributed by atoms with Gasteiger partial charge in [0.2, 0.25) is 11.8 Å². The number of rotatable bonds is 7. The molecule has 0 rings (SSSR count). The SMILES string of the molecule is CC(=O)NC(CSC(C)C(Cl)C(=O)N(C)C)C(=O)O. The number of alkyl halides is 1. The molecule has 19 heavy (non-hydrogen) atoms. The molecule has 3 atom stereocenters. The van der Waals surface area contributed by atoms with Crippen molar-refractivity contribution in [1.82, 2.24) is 10.2 Å². The number of carbonyl (C=O) groups is 3. The summed E-state index contributed by atoms with van der Waals surface area (Å²) in [5, 5.41) is 10.3. The summed E-state index contributed by atoms with van der Waals surface area (Å²) < 4.78 is 0. The zero-order chi connectivity index (χ0) is 15.2. The Bertz CT molecular complexity index is 352. The first-order valence-corrected chi connectivity index (χ1v) is 7.12. The fraction of sp³-hybridized carbons (Fsp3) is 0.727. The summed E-state index contributed by atoms with van der Waals surface area (Å²) in [5.41, 5.74) is 0. The van der Waals surface area contributed by atoms with E-state index < -0.39 is 23.3 Å². The highest BCUT2D eigenvalue weighted by molar-refractivity contribution is 8.00. The molecule has 6 nitrogen and oxygen atoms in total. The molecule has 0 spiro atoms. The summed E-state index contributed by atoms with van der Waals surface area (Å²) in [5.74, 6) is -1.60. The zero-order valence-corrected chi connectivity index (χ0v) is 12.9. The van der Waals surface area contributed by atoms with Crippen LogP contribution in [0.3, 0.4) is 0 Å². The fourth-order valence-corrected chi connectivity index (χ4v) is 2.62. The van der Waals surface area contributed by atoms with Crippen LogP contribution in [-0.4, -0.2) is 64.3 Å². The minimum Gasteiger partial charge on any atom is -0.480 e. The van der Waals surface area contributed by atoms with Gasteiger partial charge in [-0.25, -0.2) is 4.79 Å². The third-order valence-electron chi connectivity index (χ3n) is 2.29. The molecule has 0 aliphatic carbocycles. The second kappa shape index (κ2) is 8.27.